The number of aliphatic hydroxyl groups is 1. The number of carbonyl (C=O) groups excluding carboxylic acids is 1. The molecule has 0 aliphatic heterocycles. The van der Waals surface area contributed by atoms with Crippen LogP contribution < -0.4 is 5.73 Å². The molecule has 0 unspecified atom stereocenters. The van der Waals surface area contributed by atoms with Crippen molar-refractivity contribution < 1.29 is 27.4 Å². The summed E-state index contributed by atoms with van der Waals surface area (Å²) in [4.78, 5) is 10.4. The molecule has 0 fully saturated rings. The zero-order valence-electron chi connectivity index (χ0n) is 15.9. The fraction of sp³-hybridized carbons (Fsp3) is 0.833. The second kappa shape index (κ2) is 19.0. The molecular weight excluding hydrogens is 358 g/mol. The van der Waals surface area contributed by atoms with E-state index in [9.17, 15) is 9.90 Å². The molecule has 0 amide bonds. The Bertz CT molecular complexity index is 431. The lowest BCUT2D eigenvalue weighted by atomic mass is 10.0. The average molecular weight is 396 g/mol. The topological polar surface area (TPSA) is 138 Å². The summed E-state index contributed by atoms with van der Waals surface area (Å²) < 4.78 is 31.6. The third-order valence-corrected chi connectivity index (χ3v) is 3.86. The predicted molar refractivity (Wildman–Crippen MR) is 104 cm³/mol. The van der Waals surface area contributed by atoms with Crippen molar-refractivity contribution in [3.05, 3.63) is 12.2 Å². The molecule has 0 aromatic carbocycles. The normalized spacial score (nSPS) is 13.9. The lowest BCUT2D eigenvalue weighted by Gasteiger charge is -2.07. The van der Waals surface area contributed by atoms with E-state index < -0.39 is 22.5 Å². The number of unbranched alkanes of at least 4 members (excludes halogenated alkanes) is 11. The van der Waals surface area contributed by atoms with Crippen LogP contribution in [0.1, 0.15) is 84.0 Å². The molecule has 0 aromatic rings. The van der Waals surface area contributed by atoms with E-state index in [1.54, 1.807) is 6.08 Å². The highest BCUT2D eigenvalue weighted by atomic mass is 32.3. The molecule has 0 saturated carbocycles. The Kier molecular flexibility index (Phi) is 20.0. The summed E-state index contributed by atoms with van der Waals surface area (Å²) in [6, 6.07) is -0.793. The highest BCUT2D eigenvalue weighted by molar-refractivity contribution is 7.79. The Morgan fingerprint density at radius 2 is 1.27 bits per heavy atom. The van der Waals surface area contributed by atoms with Gasteiger partial charge in [-0.15, -0.1) is 0 Å². The van der Waals surface area contributed by atoms with Crippen molar-refractivity contribution in [2.75, 3.05) is 0 Å². The lowest BCUT2D eigenvalue weighted by molar-refractivity contribution is -0.110. The monoisotopic (exact) mass is 395 g/mol. The Morgan fingerprint density at radius 1 is 0.885 bits per heavy atom. The number of carbonyl (C=O) groups is 1. The maximum atomic E-state index is 10.4. The Labute approximate surface area is 158 Å². The van der Waals surface area contributed by atoms with Crippen LogP contribution in [0.2, 0.25) is 0 Å². The van der Waals surface area contributed by atoms with Gasteiger partial charge >= 0.3 is 10.4 Å². The van der Waals surface area contributed by atoms with Crippen molar-refractivity contribution in [3.63, 3.8) is 0 Å². The van der Waals surface area contributed by atoms with Gasteiger partial charge in [0, 0.05) is 0 Å². The molecule has 0 spiro atoms. The maximum absolute atomic E-state index is 10.4. The zero-order chi connectivity index (χ0) is 20.3. The van der Waals surface area contributed by atoms with Gasteiger partial charge in [-0.3, -0.25) is 9.11 Å². The number of aldehydes is 1. The van der Waals surface area contributed by atoms with Gasteiger partial charge in [-0.05, 0) is 12.8 Å². The molecule has 7 nitrogen and oxygen atoms in total. The number of aliphatic hydroxyl groups excluding tert-OH is 1. The van der Waals surface area contributed by atoms with Crippen LogP contribution in [0.25, 0.3) is 0 Å². The molecular formula is C18H37NO6S. The first kappa shape index (κ1) is 27.4. The number of allylic oxidation sites excluding steroid dienone is 1. The molecule has 0 aromatic heterocycles. The Balaban J connectivity index is 0. The van der Waals surface area contributed by atoms with E-state index in [0.29, 0.717) is 6.29 Å². The summed E-state index contributed by atoms with van der Waals surface area (Å²) in [5.41, 5.74) is 5.39. The third kappa shape index (κ3) is 28.0. The van der Waals surface area contributed by atoms with Gasteiger partial charge in [0.15, 0.2) is 0 Å². The summed E-state index contributed by atoms with van der Waals surface area (Å²) >= 11 is 0. The van der Waals surface area contributed by atoms with Gasteiger partial charge in [0.1, 0.15) is 6.29 Å². The van der Waals surface area contributed by atoms with E-state index in [4.69, 9.17) is 23.3 Å². The molecule has 0 bridgehead atoms. The van der Waals surface area contributed by atoms with Crippen LogP contribution in [0.5, 0.6) is 0 Å². The van der Waals surface area contributed by atoms with E-state index in [2.05, 4.69) is 6.92 Å². The minimum Gasteiger partial charge on any atom is -0.387 e. The van der Waals surface area contributed by atoms with E-state index in [1.807, 2.05) is 6.08 Å². The quantitative estimate of drug-likeness (QED) is 0.144. The minimum atomic E-state index is -4.67. The highest BCUT2D eigenvalue weighted by Crippen LogP contribution is 2.12. The van der Waals surface area contributed by atoms with Gasteiger partial charge in [-0.1, -0.05) is 83.3 Å². The summed E-state index contributed by atoms with van der Waals surface area (Å²) in [7, 11) is -4.67. The van der Waals surface area contributed by atoms with E-state index in [-0.39, 0.29) is 0 Å². The van der Waals surface area contributed by atoms with Crippen molar-refractivity contribution in [3.8, 4) is 0 Å². The summed E-state index contributed by atoms with van der Waals surface area (Å²) in [6.45, 7) is 2.26. The van der Waals surface area contributed by atoms with Crippen molar-refractivity contribution in [1.29, 1.82) is 0 Å². The van der Waals surface area contributed by atoms with Crippen molar-refractivity contribution >= 4 is 16.7 Å². The molecule has 26 heavy (non-hydrogen) atoms. The SMILES string of the molecule is CCCCCCCCCCCCCC=C[C@@H](O)[C@H](N)C=O.O=S(=O)(O)O. The molecule has 0 heterocycles. The Morgan fingerprint density at radius 3 is 1.65 bits per heavy atom. The van der Waals surface area contributed by atoms with Gasteiger partial charge in [0.25, 0.3) is 0 Å². The summed E-state index contributed by atoms with van der Waals surface area (Å²) in [6.07, 6.45) is 19.0. The van der Waals surface area contributed by atoms with E-state index in [1.165, 1.54) is 64.2 Å². The largest absolute Gasteiger partial charge is 0.394 e. The highest BCUT2D eigenvalue weighted by Gasteiger charge is 2.08. The molecule has 2 atom stereocenters. The van der Waals surface area contributed by atoms with Crippen LogP contribution in [0.3, 0.4) is 0 Å². The van der Waals surface area contributed by atoms with Crippen molar-refractivity contribution in [2.24, 2.45) is 5.73 Å². The van der Waals surface area contributed by atoms with Gasteiger partial charge in [0.2, 0.25) is 0 Å². The van der Waals surface area contributed by atoms with Gasteiger partial charge < -0.3 is 15.6 Å². The fourth-order valence-corrected chi connectivity index (χ4v) is 2.37. The van der Waals surface area contributed by atoms with E-state index in [0.717, 1.165) is 12.8 Å². The number of nitrogens with two attached hydrogens (primary N) is 1. The number of hydrogen-bond acceptors (Lipinski definition) is 5. The van der Waals surface area contributed by atoms with Crippen molar-refractivity contribution in [2.45, 2.75) is 96.1 Å². The second-order valence-electron chi connectivity index (χ2n) is 6.40. The predicted octanol–water partition coefficient (Wildman–Crippen LogP) is 3.48. The van der Waals surface area contributed by atoms with Gasteiger partial charge in [-0.2, -0.15) is 8.42 Å². The standard InChI is InChI=1S/C18H35NO2.H2O4S/c1-2-3-4-5-6-7-8-9-10-11-12-13-14-15-18(21)17(19)16-20;1-5(2,3)4/h14-18,21H,2-13,19H2,1H3;(H2,1,2,3,4)/t17-,18-;/m1./s1. The molecule has 156 valence electrons. The third-order valence-electron chi connectivity index (χ3n) is 3.86. The molecule has 8 heteroatoms. The first-order valence-corrected chi connectivity index (χ1v) is 10.9. The minimum absolute atomic E-state index is 0.581. The molecule has 0 aliphatic carbocycles. The van der Waals surface area contributed by atoms with Crippen LogP contribution >= 0.6 is 0 Å². The smallest absolute Gasteiger partial charge is 0.387 e. The molecule has 0 aliphatic rings. The Hall–Kier alpha value is -0.800. The number of hydrogen-bond donors (Lipinski definition) is 4. The van der Waals surface area contributed by atoms with E-state index >= 15 is 0 Å². The molecule has 5 N–H and O–H groups in total. The molecule has 0 rings (SSSR count). The average Bonchev–Trinajstić information content (AvgIpc) is 2.56. The van der Waals surface area contributed by atoms with Crippen LogP contribution in [-0.2, 0) is 15.2 Å². The van der Waals surface area contributed by atoms with Gasteiger partial charge in [-0.25, -0.2) is 0 Å². The number of rotatable bonds is 15. The fourth-order valence-electron chi connectivity index (χ4n) is 2.37. The second-order valence-corrected chi connectivity index (χ2v) is 7.30. The maximum Gasteiger partial charge on any atom is 0.394 e. The van der Waals surface area contributed by atoms with Crippen LogP contribution in [0.15, 0.2) is 12.2 Å². The summed E-state index contributed by atoms with van der Waals surface area (Å²) in [5.74, 6) is 0. The molecule has 0 saturated heterocycles. The lowest BCUT2D eigenvalue weighted by Crippen LogP contribution is -2.34. The van der Waals surface area contributed by atoms with Crippen LogP contribution in [0.4, 0.5) is 0 Å². The summed E-state index contributed by atoms with van der Waals surface area (Å²) in [5, 5.41) is 9.45. The first-order chi connectivity index (χ1) is 12.2. The zero-order valence-corrected chi connectivity index (χ0v) is 16.7. The van der Waals surface area contributed by atoms with Crippen molar-refractivity contribution in [1.82, 2.24) is 0 Å². The first-order valence-electron chi connectivity index (χ1n) is 9.47. The van der Waals surface area contributed by atoms with Crippen LogP contribution in [0, 0.1) is 0 Å². The van der Waals surface area contributed by atoms with Gasteiger partial charge in [0.05, 0.1) is 12.1 Å². The van der Waals surface area contributed by atoms with Crippen LogP contribution in [-0.4, -0.2) is 41.1 Å². The molecule has 0 radical (unpaired) electrons.